The predicted molar refractivity (Wildman–Crippen MR) is 22.4 cm³/mol. The number of amides is 2. The monoisotopic (exact) mass is 100 g/mol. The molecule has 1 saturated heterocycles. The quantitative estimate of drug-likeness (QED) is 0.414. The Morgan fingerprint density at radius 3 is 2.00 bits per heavy atom. The SMILES string of the molecule is [2H]N1C(=O)CCC1=O. The van der Waals surface area contributed by atoms with Crippen LogP contribution in [0.4, 0.5) is 0 Å². The Morgan fingerprint density at radius 2 is 1.86 bits per heavy atom. The van der Waals surface area contributed by atoms with Crippen LogP contribution in [0, 0.1) is 0 Å². The molecule has 38 valence electrons. The van der Waals surface area contributed by atoms with Crippen LogP contribution in [0.25, 0.3) is 0 Å². The molecule has 1 fully saturated rings. The lowest BCUT2D eigenvalue weighted by molar-refractivity contribution is -0.124. The van der Waals surface area contributed by atoms with Crippen molar-refractivity contribution in [3.05, 3.63) is 0 Å². The normalized spacial score (nSPS) is 23.4. The minimum atomic E-state index is -0.394. The van der Waals surface area contributed by atoms with Gasteiger partial charge in [-0.05, 0) is 0 Å². The van der Waals surface area contributed by atoms with E-state index in [0.29, 0.717) is 5.31 Å². The fourth-order valence-electron chi connectivity index (χ4n) is 0.465. The first-order valence-electron chi connectivity index (χ1n) is 2.51. The van der Waals surface area contributed by atoms with Gasteiger partial charge < -0.3 is 0 Å². The van der Waals surface area contributed by atoms with Crippen LogP contribution in [0.1, 0.15) is 12.8 Å². The zero-order valence-corrected chi connectivity index (χ0v) is 3.68. The summed E-state index contributed by atoms with van der Waals surface area (Å²) < 4.78 is 6.68. The molecule has 0 unspecified atom stereocenters. The Labute approximate surface area is 42.2 Å². The van der Waals surface area contributed by atoms with Gasteiger partial charge in [0.15, 0.2) is 1.41 Å². The maximum Gasteiger partial charge on any atom is 0.227 e. The second-order valence-corrected chi connectivity index (χ2v) is 1.40. The average molecular weight is 100 g/mol. The van der Waals surface area contributed by atoms with E-state index in [1.165, 1.54) is 0 Å². The summed E-state index contributed by atoms with van der Waals surface area (Å²) in [4.78, 5) is 20.6. The molecule has 1 aliphatic heterocycles. The molecule has 3 nitrogen and oxygen atoms in total. The first kappa shape index (κ1) is 3.18. The number of imide groups is 1. The van der Waals surface area contributed by atoms with E-state index in [1.54, 1.807) is 0 Å². The molecule has 0 saturated carbocycles. The lowest BCUT2D eigenvalue weighted by Gasteiger charge is -1.79. The lowest BCUT2D eigenvalue weighted by Crippen LogP contribution is -2.18. The van der Waals surface area contributed by atoms with E-state index in [4.69, 9.17) is 1.41 Å². The van der Waals surface area contributed by atoms with Gasteiger partial charge in [-0.25, -0.2) is 0 Å². The Kier molecular flexibility index (Phi) is 0.604. The van der Waals surface area contributed by atoms with Crippen LogP contribution in [0.5, 0.6) is 0 Å². The van der Waals surface area contributed by atoms with E-state index in [1.807, 2.05) is 0 Å². The minimum Gasteiger partial charge on any atom is -0.296 e. The van der Waals surface area contributed by atoms with Crippen LogP contribution in [-0.2, 0) is 9.59 Å². The number of hydrogen-bond donors (Lipinski definition) is 1. The molecule has 7 heavy (non-hydrogen) atoms. The maximum atomic E-state index is 10.3. The number of nitrogens with one attached hydrogen (secondary N) is 1. The zero-order chi connectivity index (χ0) is 6.15. The second-order valence-electron chi connectivity index (χ2n) is 1.40. The number of hydrogen-bond acceptors (Lipinski definition) is 2. The topological polar surface area (TPSA) is 46.2 Å². The Balaban J connectivity index is 2.70. The molecular formula is C4H5NO2. The molecule has 0 bridgehead atoms. The first-order valence-corrected chi connectivity index (χ1v) is 2.06. The zero-order valence-electron chi connectivity index (χ0n) is 4.68. The van der Waals surface area contributed by atoms with Crippen LogP contribution in [0.15, 0.2) is 0 Å². The first-order chi connectivity index (χ1) is 3.72. The standard InChI is InChI=1S/C4H5NO2/c6-3-1-2-4(7)5-3/h1-2H2,(H,5,6,7)/i/hD. The summed E-state index contributed by atoms with van der Waals surface area (Å²) in [5.74, 6) is -0.787. The summed E-state index contributed by atoms with van der Waals surface area (Å²) in [6.07, 6.45) is 0.421. The summed E-state index contributed by atoms with van der Waals surface area (Å²) >= 11 is 0. The number of carbonyl (C=O) groups is 2. The molecule has 0 spiro atoms. The predicted octanol–water partition coefficient (Wildman–Crippen LogP) is -0.577. The van der Waals surface area contributed by atoms with Gasteiger partial charge in [0.25, 0.3) is 0 Å². The maximum absolute atomic E-state index is 10.3. The average Bonchev–Trinajstić information content (AvgIpc) is 1.98. The molecular weight excluding hydrogens is 94.0 g/mol. The van der Waals surface area contributed by atoms with Crippen LogP contribution in [0.2, 0.25) is 1.41 Å². The smallest absolute Gasteiger partial charge is 0.227 e. The van der Waals surface area contributed by atoms with Gasteiger partial charge in [0.1, 0.15) is 0 Å². The Morgan fingerprint density at radius 1 is 1.43 bits per heavy atom. The van der Waals surface area contributed by atoms with Crippen molar-refractivity contribution in [3.8, 4) is 0 Å². The number of carbonyl (C=O) groups excluding carboxylic acids is 2. The van der Waals surface area contributed by atoms with Crippen molar-refractivity contribution in [1.29, 1.82) is 0 Å². The highest BCUT2D eigenvalue weighted by Gasteiger charge is 2.15. The molecule has 0 aliphatic carbocycles. The van der Waals surface area contributed by atoms with Gasteiger partial charge in [-0.2, -0.15) is 0 Å². The van der Waals surface area contributed by atoms with E-state index in [2.05, 4.69) is 0 Å². The van der Waals surface area contributed by atoms with Gasteiger partial charge in [-0.15, -0.1) is 0 Å². The molecule has 0 atom stereocenters. The van der Waals surface area contributed by atoms with Crippen molar-refractivity contribution in [2.45, 2.75) is 12.8 Å². The van der Waals surface area contributed by atoms with Crippen LogP contribution in [0.3, 0.4) is 0 Å². The highest BCUT2D eigenvalue weighted by atomic mass is 16.2. The Bertz CT molecular complexity index is 129. The second kappa shape index (κ2) is 1.33. The van der Waals surface area contributed by atoms with Crippen LogP contribution < -0.4 is 5.31 Å². The molecule has 0 aromatic carbocycles. The number of rotatable bonds is 0. The van der Waals surface area contributed by atoms with E-state index in [0.717, 1.165) is 0 Å². The summed E-state index contributed by atoms with van der Waals surface area (Å²) in [6.45, 7) is 0. The third kappa shape index (κ3) is 0.765. The van der Waals surface area contributed by atoms with Crippen molar-refractivity contribution >= 4 is 11.8 Å². The van der Waals surface area contributed by atoms with Gasteiger partial charge >= 0.3 is 0 Å². The lowest BCUT2D eigenvalue weighted by atomic mass is 10.4. The molecule has 1 rings (SSSR count). The van der Waals surface area contributed by atoms with Crippen LogP contribution >= 0.6 is 0 Å². The third-order valence-corrected chi connectivity index (χ3v) is 0.802. The molecule has 3 heteroatoms. The van der Waals surface area contributed by atoms with Gasteiger partial charge in [0.2, 0.25) is 11.8 Å². The highest BCUT2D eigenvalue weighted by molar-refractivity contribution is 6.01. The van der Waals surface area contributed by atoms with Gasteiger partial charge in [0, 0.05) is 12.8 Å². The fraction of sp³-hybridized carbons (Fsp3) is 0.500. The molecule has 1 heterocycles. The van der Waals surface area contributed by atoms with Crippen molar-refractivity contribution in [1.82, 2.24) is 5.31 Å². The molecule has 0 aromatic heterocycles. The van der Waals surface area contributed by atoms with Crippen molar-refractivity contribution < 1.29 is 11.0 Å². The van der Waals surface area contributed by atoms with E-state index >= 15 is 0 Å². The van der Waals surface area contributed by atoms with Crippen molar-refractivity contribution in [2.24, 2.45) is 0 Å². The Hall–Kier alpha value is -0.860. The molecule has 2 amide bonds. The highest BCUT2D eigenvalue weighted by Crippen LogP contribution is 1.95. The van der Waals surface area contributed by atoms with Gasteiger partial charge in [-0.3, -0.25) is 14.9 Å². The summed E-state index contributed by atoms with van der Waals surface area (Å²) in [6, 6.07) is 0. The molecule has 0 radical (unpaired) electrons. The summed E-state index contributed by atoms with van der Waals surface area (Å²) in [5.41, 5.74) is 0. The third-order valence-electron chi connectivity index (χ3n) is 0.802. The van der Waals surface area contributed by atoms with Crippen molar-refractivity contribution in [2.75, 3.05) is 0 Å². The summed E-state index contributed by atoms with van der Waals surface area (Å²) in [7, 11) is 0. The van der Waals surface area contributed by atoms with E-state index in [-0.39, 0.29) is 12.8 Å². The van der Waals surface area contributed by atoms with Crippen LogP contribution in [-0.4, -0.2) is 11.8 Å². The molecule has 1 N–H and O–H groups in total. The molecule has 1 aliphatic rings. The van der Waals surface area contributed by atoms with E-state index < -0.39 is 11.8 Å². The fourth-order valence-corrected chi connectivity index (χ4v) is 0.465. The largest absolute Gasteiger partial charge is 0.296 e. The van der Waals surface area contributed by atoms with Crippen molar-refractivity contribution in [3.63, 3.8) is 0 Å². The molecule has 0 aromatic rings. The van der Waals surface area contributed by atoms with Gasteiger partial charge in [0.05, 0.1) is 0 Å². The summed E-state index contributed by atoms with van der Waals surface area (Å²) in [5, 5.41) is 0.417. The van der Waals surface area contributed by atoms with E-state index in [9.17, 15) is 9.59 Å². The van der Waals surface area contributed by atoms with Gasteiger partial charge in [-0.1, -0.05) is 0 Å². The minimum absolute atomic E-state index is 0.211.